The summed E-state index contributed by atoms with van der Waals surface area (Å²) in [5, 5.41) is 2.27. The minimum Gasteiger partial charge on any atom is -0.474 e. The van der Waals surface area contributed by atoms with Gasteiger partial charge in [-0.2, -0.15) is 0 Å². The van der Waals surface area contributed by atoms with Crippen molar-refractivity contribution in [1.29, 1.82) is 0 Å². The van der Waals surface area contributed by atoms with Crippen molar-refractivity contribution in [2.45, 2.75) is 20.3 Å². The predicted molar refractivity (Wildman–Crippen MR) is 110 cm³/mol. The van der Waals surface area contributed by atoms with E-state index in [1.165, 1.54) is 29.2 Å². The van der Waals surface area contributed by atoms with Crippen molar-refractivity contribution in [2.24, 2.45) is 0 Å². The Labute approximate surface area is 155 Å². The summed E-state index contributed by atoms with van der Waals surface area (Å²) in [6.07, 6.45) is 3.69. The number of hydrogen-bond acceptors (Lipinski definition) is 2. The van der Waals surface area contributed by atoms with Gasteiger partial charge in [-0.1, -0.05) is 68.6 Å². The van der Waals surface area contributed by atoms with Crippen LogP contribution in [0, 0.1) is 0 Å². The van der Waals surface area contributed by atoms with Gasteiger partial charge in [-0.15, -0.1) is 0 Å². The summed E-state index contributed by atoms with van der Waals surface area (Å²) in [5.41, 5.74) is 4.55. The van der Waals surface area contributed by atoms with Crippen molar-refractivity contribution in [2.75, 3.05) is 0 Å². The lowest BCUT2D eigenvalue weighted by atomic mass is 9.98. The average Bonchev–Trinajstić information content (AvgIpc) is 2.68. The summed E-state index contributed by atoms with van der Waals surface area (Å²) in [7, 11) is 0. The molecule has 0 aliphatic heterocycles. The van der Waals surface area contributed by atoms with Crippen LogP contribution in [0.3, 0.4) is 0 Å². The maximum Gasteiger partial charge on any atom is 0.159 e. The number of aryl methyl sites for hydroxylation is 1. The lowest BCUT2D eigenvalue weighted by molar-refractivity contribution is 0.101. The lowest BCUT2D eigenvalue weighted by Gasteiger charge is -2.06. The third-order valence-electron chi connectivity index (χ3n) is 4.13. The molecular weight excluding hydrogens is 320 g/mol. The maximum atomic E-state index is 11.4. The fourth-order valence-electron chi connectivity index (χ4n) is 2.65. The van der Waals surface area contributed by atoms with Gasteiger partial charge in [-0.25, -0.2) is 0 Å². The summed E-state index contributed by atoms with van der Waals surface area (Å²) >= 11 is 0. The molecule has 0 N–H and O–H groups in total. The fraction of sp³-hybridized carbons (Fsp3) is 0.125. The zero-order valence-corrected chi connectivity index (χ0v) is 15.4. The maximum absolute atomic E-state index is 11.4. The Morgan fingerprint density at radius 3 is 2.00 bits per heavy atom. The number of hydrogen-bond donors (Lipinski definition) is 0. The number of Topliss-reactive ketones (excluding diaryl/α,β-unsaturated/α-hetero) is 1. The van der Waals surface area contributed by atoms with Gasteiger partial charge in [0, 0.05) is 5.56 Å². The molecular formula is C24H24O2. The van der Waals surface area contributed by atoms with Crippen LogP contribution in [0.25, 0.3) is 21.9 Å². The van der Waals surface area contributed by atoms with Gasteiger partial charge in [0.05, 0.1) is 12.5 Å². The van der Waals surface area contributed by atoms with E-state index >= 15 is 0 Å². The highest BCUT2D eigenvalue weighted by atomic mass is 16.5. The van der Waals surface area contributed by atoms with Crippen LogP contribution in [-0.4, -0.2) is 5.78 Å². The van der Waals surface area contributed by atoms with Crippen LogP contribution in [0.5, 0.6) is 0 Å². The summed E-state index contributed by atoms with van der Waals surface area (Å²) in [5.74, 6) is 0.108. The van der Waals surface area contributed by atoms with E-state index < -0.39 is 0 Å². The molecule has 0 aliphatic carbocycles. The zero-order valence-electron chi connectivity index (χ0n) is 15.4. The number of ether oxygens (including phenoxy) is 1. The summed E-state index contributed by atoms with van der Waals surface area (Å²) in [6, 6.07) is 21.0. The molecule has 26 heavy (non-hydrogen) atoms. The quantitative estimate of drug-likeness (QED) is 0.387. The number of ketones is 1. The highest BCUT2D eigenvalue weighted by Crippen LogP contribution is 2.25. The zero-order chi connectivity index (χ0) is 18.9. The molecule has 3 rings (SSSR count). The molecule has 0 saturated carbocycles. The monoisotopic (exact) mass is 344 g/mol. The second kappa shape index (κ2) is 9.38. The first-order valence-electron chi connectivity index (χ1n) is 8.60. The van der Waals surface area contributed by atoms with Crippen molar-refractivity contribution in [3.63, 3.8) is 0 Å². The van der Waals surface area contributed by atoms with Gasteiger partial charge in [0.25, 0.3) is 0 Å². The number of benzene rings is 3. The van der Waals surface area contributed by atoms with Crippen molar-refractivity contribution in [3.8, 4) is 11.1 Å². The number of carbonyl (C=O) groups excluding carboxylic acids is 1. The first kappa shape index (κ1) is 19.2. The highest BCUT2D eigenvalue weighted by molar-refractivity contribution is 5.99. The number of fused-ring (bicyclic) bond motifs is 1. The Morgan fingerprint density at radius 1 is 0.885 bits per heavy atom. The third kappa shape index (κ3) is 4.93. The Hall–Kier alpha value is -3.13. The third-order valence-corrected chi connectivity index (χ3v) is 4.13. The van der Waals surface area contributed by atoms with Crippen molar-refractivity contribution in [3.05, 3.63) is 97.5 Å². The van der Waals surface area contributed by atoms with Crippen molar-refractivity contribution < 1.29 is 9.53 Å². The van der Waals surface area contributed by atoms with Crippen molar-refractivity contribution >= 4 is 16.6 Å². The Morgan fingerprint density at radius 2 is 1.46 bits per heavy atom. The van der Waals surface area contributed by atoms with Gasteiger partial charge in [0.1, 0.15) is 0 Å². The molecule has 0 spiro atoms. The Bertz CT molecular complexity index is 899. The van der Waals surface area contributed by atoms with Crippen LogP contribution in [0.15, 0.2) is 86.3 Å². The average molecular weight is 344 g/mol. The van der Waals surface area contributed by atoms with E-state index in [-0.39, 0.29) is 5.78 Å². The van der Waals surface area contributed by atoms with Gasteiger partial charge in [0.15, 0.2) is 5.78 Å². The summed E-state index contributed by atoms with van der Waals surface area (Å²) < 4.78 is 4.36. The smallest absolute Gasteiger partial charge is 0.159 e. The van der Waals surface area contributed by atoms with E-state index in [0.717, 1.165) is 22.8 Å². The normalized spacial score (nSPS) is 9.77. The van der Waals surface area contributed by atoms with Crippen molar-refractivity contribution in [1.82, 2.24) is 0 Å². The molecule has 0 heterocycles. The summed E-state index contributed by atoms with van der Waals surface area (Å²) in [6.45, 7) is 10.3. The Kier molecular flexibility index (Phi) is 6.92. The van der Waals surface area contributed by atoms with Crippen LogP contribution >= 0.6 is 0 Å². The van der Waals surface area contributed by atoms with Gasteiger partial charge < -0.3 is 4.74 Å². The van der Waals surface area contributed by atoms with Gasteiger partial charge in [-0.05, 0) is 52.9 Å². The second-order valence-electron chi connectivity index (χ2n) is 5.85. The predicted octanol–water partition coefficient (Wildman–Crippen LogP) is 6.56. The molecule has 0 aromatic heterocycles. The first-order valence-corrected chi connectivity index (χ1v) is 8.60. The SMILES string of the molecule is C=COC=C.CCc1ccc(-c2ccc3cc(C(C)=O)ccc3c2)cc1. The van der Waals surface area contributed by atoms with E-state index in [0.29, 0.717) is 0 Å². The van der Waals surface area contributed by atoms with Crippen LogP contribution in [0.1, 0.15) is 29.8 Å². The first-order chi connectivity index (χ1) is 12.6. The van der Waals surface area contributed by atoms with E-state index in [1.54, 1.807) is 6.92 Å². The minimum atomic E-state index is 0.108. The molecule has 0 aliphatic rings. The fourth-order valence-corrected chi connectivity index (χ4v) is 2.65. The largest absolute Gasteiger partial charge is 0.474 e. The highest BCUT2D eigenvalue weighted by Gasteiger charge is 2.03. The number of rotatable bonds is 5. The van der Waals surface area contributed by atoms with Crippen LogP contribution in [-0.2, 0) is 11.2 Å². The standard InChI is InChI=1S/C20H18O.C4H6O/c1-3-15-4-6-16(7-5-15)18-10-11-19-12-17(14(2)21)8-9-20(19)13-18;1-3-5-4-2/h4-13H,3H2,1-2H3;3-4H,1-2H2. The molecule has 0 unspecified atom stereocenters. The molecule has 0 amide bonds. The van der Waals surface area contributed by atoms with E-state index in [1.807, 2.05) is 18.2 Å². The van der Waals surface area contributed by atoms with E-state index in [4.69, 9.17) is 0 Å². The van der Waals surface area contributed by atoms with Crippen LogP contribution < -0.4 is 0 Å². The molecule has 2 nitrogen and oxygen atoms in total. The molecule has 0 bridgehead atoms. The van der Waals surface area contributed by atoms with Crippen LogP contribution in [0.4, 0.5) is 0 Å². The van der Waals surface area contributed by atoms with Gasteiger partial charge in [0.2, 0.25) is 0 Å². The van der Waals surface area contributed by atoms with Crippen LogP contribution in [0.2, 0.25) is 0 Å². The molecule has 132 valence electrons. The molecule has 0 atom stereocenters. The molecule has 0 saturated heterocycles. The molecule has 0 fully saturated rings. The number of carbonyl (C=O) groups is 1. The summed E-state index contributed by atoms with van der Waals surface area (Å²) in [4.78, 5) is 11.4. The molecule has 0 radical (unpaired) electrons. The molecule has 2 heteroatoms. The van der Waals surface area contributed by atoms with Gasteiger partial charge in [-0.3, -0.25) is 4.79 Å². The topological polar surface area (TPSA) is 26.3 Å². The molecule has 3 aromatic carbocycles. The van der Waals surface area contributed by atoms with Gasteiger partial charge >= 0.3 is 0 Å². The minimum absolute atomic E-state index is 0.108. The van der Waals surface area contributed by atoms with E-state index in [2.05, 4.69) is 67.3 Å². The second-order valence-corrected chi connectivity index (χ2v) is 5.85. The molecule has 3 aromatic rings. The lowest BCUT2D eigenvalue weighted by Crippen LogP contribution is -1.91. The van der Waals surface area contributed by atoms with E-state index in [9.17, 15) is 4.79 Å². The Balaban J connectivity index is 0.000000431.